The molecule has 1 aliphatic rings. The number of hydrogen-bond donors (Lipinski definition) is 0. The molecular formula is C23H38N2OSn. The summed E-state index contributed by atoms with van der Waals surface area (Å²) in [5.74, 6) is 3.53. The molecule has 0 aromatic carbocycles. The molecule has 0 amide bonds. The summed E-state index contributed by atoms with van der Waals surface area (Å²) in [5, 5.41) is 0. The van der Waals surface area contributed by atoms with E-state index in [-0.39, 0.29) is 0 Å². The van der Waals surface area contributed by atoms with Crippen LogP contribution in [0.5, 0.6) is 0 Å². The van der Waals surface area contributed by atoms with Crippen molar-refractivity contribution in [1.82, 2.24) is 4.98 Å². The van der Waals surface area contributed by atoms with Crippen LogP contribution in [0, 0.1) is 9.86 Å². The zero-order chi connectivity index (χ0) is 19.4. The van der Waals surface area contributed by atoms with Crippen LogP contribution in [0.4, 0.5) is 5.69 Å². The van der Waals surface area contributed by atoms with Crippen molar-refractivity contribution in [3.8, 4) is 9.86 Å². The SMILES string of the molecule is CCC[CH2][Sn]([C]#Cc1ccc(N2CCOCC2)cn1)([CH2]CCC)[CH2]CCC. The third-order valence-electron chi connectivity index (χ3n) is 5.61. The predicted molar refractivity (Wildman–Crippen MR) is 119 cm³/mol. The Balaban J connectivity index is 2.13. The summed E-state index contributed by atoms with van der Waals surface area (Å²) >= 11 is -2.38. The van der Waals surface area contributed by atoms with Gasteiger partial charge in [-0.05, 0) is 0 Å². The number of morpholine rings is 1. The number of anilines is 1. The summed E-state index contributed by atoms with van der Waals surface area (Å²) in [7, 11) is 0. The summed E-state index contributed by atoms with van der Waals surface area (Å²) in [5.41, 5.74) is 2.15. The molecule has 2 heterocycles. The quantitative estimate of drug-likeness (QED) is 0.322. The number of aromatic nitrogens is 1. The van der Waals surface area contributed by atoms with Gasteiger partial charge in [-0.15, -0.1) is 0 Å². The molecule has 1 aliphatic heterocycles. The zero-order valence-electron chi connectivity index (χ0n) is 17.7. The van der Waals surface area contributed by atoms with Crippen LogP contribution in [0.2, 0.25) is 13.3 Å². The van der Waals surface area contributed by atoms with Crippen LogP contribution in [0.15, 0.2) is 18.3 Å². The van der Waals surface area contributed by atoms with Gasteiger partial charge in [-0.2, -0.15) is 0 Å². The van der Waals surface area contributed by atoms with Gasteiger partial charge in [0, 0.05) is 0 Å². The summed E-state index contributed by atoms with van der Waals surface area (Å²) < 4.78 is 13.7. The molecule has 0 bridgehead atoms. The average Bonchev–Trinajstić information content (AvgIpc) is 2.74. The van der Waals surface area contributed by atoms with Crippen molar-refractivity contribution >= 4 is 24.1 Å². The Kier molecular flexibility index (Phi) is 10.6. The molecule has 0 radical (unpaired) electrons. The van der Waals surface area contributed by atoms with Gasteiger partial charge in [0.05, 0.1) is 0 Å². The Morgan fingerprint density at radius 2 is 1.56 bits per heavy atom. The van der Waals surface area contributed by atoms with Crippen LogP contribution in [0.3, 0.4) is 0 Å². The average molecular weight is 477 g/mol. The maximum absolute atomic E-state index is 5.44. The van der Waals surface area contributed by atoms with Crippen molar-refractivity contribution in [3.63, 3.8) is 0 Å². The molecule has 3 nitrogen and oxygen atoms in total. The van der Waals surface area contributed by atoms with Gasteiger partial charge >= 0.3 is 171 Å². The van der Waals surface area contributed by atoms with E-state index in [0.717, 1.165) is 32.0 Å². The molecule has 0 unspecified atom stereocenters. The van der Waals surface area contributed by atoms with Crippen molar-refractivity contribution in [2.45, 2.75) is 72.6 Å². The Hall–Kier alpha value is -0.731. The van der Waals surface area contributed by atoms with Gasteiger partial charge in [0.2, 0.25) is 0 Å². The van der Waals surface area contributed by atoms with E-state index in [1.54, 1.807) is 0 Å². The minimum atomic E-state index is -2.38. The predicted octanol–water partition coefficient (Wildman–Crippen LogP) is 5.66. The molecule has 1 fully saturated rings. The van der Waals surface area contributed by atoms with E-state index in [0.29, 0.717) is 0 Å². The fraction of sp³-hybridized carbons (Fsp3) is 0.696. The topological polar surface area (TPSA) is 25.4 Å². The molecule has 4 heteroatoms. The number of nitrogens with zero attached hydrogens (tertiary/aromatic N) is 2. The molecule has 0 spiro atoms. The molecule has 150 valence electrons. The maximum atomic E-state index is 5.44. The van der Waals surface area contributed by atoms with E-state index in [9.17, 15) is 0 Å². The molecule has 1 aromatic heterocycles. The third kappa shape index (κ3) is 7.66. The monoisotopic (exact) mass is 478 g/mol. The van der Waals surface area contributed by atoms with Gasteiger partial charge < -0.3 is 0 Å². The van der Waals surface area contributed by atoms with E-state index in [4.69, 9.17) is 4.74 Å². The molecule has 0 saturated carbocycles. The molecule has 2 rings (SSSR count). The first kappa shape index (κ1) is 22.6. The van der Waals surface area contributed by atoms with Crippen LogP contribution in [0.25, 0.3) is 0 Å². The standard InChI is InChI=1S/C11H11N2O.3C4H9.Sn/c1-2-10-3-4-11(9-12-10)13-5-7-14-8-6-13;3*1-3-4-2;/h3-4,9H,5-8H2;3*1,3-4H2,2H3;. The second kappa shape index (κ2) is 12.7. The van der Waals surface area contributed by atoms with Crippen molar-refractivity contribution in [3.05, 3.63) is 24.0 Å². The van der Waals surface area contributed by atoms with Crippen molar-refractivity contribution < 1.29 is 4.74 Å². The molecule has 0 atom stereocenters. The Bertz CT molecular complexity index is 563. The first-order valence-corrected chi connectivity index (χ1v) is 18.5. The Morgan fingerprint density at radius 3 is 2.04 bits per heavy atom. The van der Waals surface area contributed by atoms with Gasteiger partial charge in [-0.25, -0.2) is 0 Å². The Morgan fingerprint density at radius 1 is 0.963 bits per heavy atom. The van der Waals surface area contributed by atoms with Crippen LogP contribution in [-0.2, 0) is 4.74 Å². The van der Waals surface area contributed by atoms with Gasteiger partial charge in [0.1, 0.15) is 0 Å². The fourth-order valence-corrected chi connectivity index (χ4v) is 16.9. The van der Waals surface area contributed by atoms with E-state index in [1.165, 1.54) is 57.5 Å². The minimum absolute atomic E-state index is 0.810. The number of hydrogen-bond acceptors (Lipinski definition) is 3. The third-order valence-corrected chi connectivity index (χ3v) is 18.7. The van der Waals surface area contributed by atoms with E-state index in [1.807, 2.05) is 6.20 Å². The number of rotatable bonds is 10. The number of pyridine rings is 1. The second-order valence-corrected chi connectivity index (χ2v) is 20.1. The van der Waals surface area contributed by atoms with E-state index < -0.39 is 18.4 Å². The van der Waals surface area contributed by atoms with Crippen molar-refractivity contribution in [1.29, 1.82) is 0 Å². The van der Waals surface area contributed by atoms with Crippen molar-refractivity contribution in [2.24, 2.45) is 0 Å². The molecule has 0 N–H and O–H groups in total. The number of unbranched alkanes of at least 4 members (excludes halogenated alkanes) is 3. The Labute approximate surface area is 171 Å². The number of ether oxygens (including phenoxy) is 1. The molecule has 1 saturated heterocycles. The molecule has 0 aliphatic carbocycles. The van der Waals surface area contributed by atoms with E-state index in [2.05, 4.69) is 52.6 Å². The first-order valence-electron chi connectivity index (χ1n) is 11.0. The first-order chi connectivity index (χ1) is 13.2. The second-order valence-electron chi connectivity index (χ2n) is 7.84. The van der Waals surface area contributed by atoms with Crippen LogP contribution >= 0.6 is 0 Å². The van der Waals surface area contributed by atoms with Crippen LogP contribution < -0.4 is 4.90 Å². The zero-order valence-corrected chi connectivity index (χ0v) is 20.6. The van der Waals surface area contributed by atoms with Crippen LogP contribution in [0.1, 0.15) is 65.0 Å². The normalized spacial score (nSPS) is 14.7. The van der Waals surface area contributed by atoms with Gasteiger partial charge in [-0.3, -0.25) is 0 Å². The van der Waals surface area contributed by atoms with Gasteiger partial charge in [-0.1, -0.05) is 0 Å². The summed E-state index contributed by atoms with van der Waals surface area (Å²) in [4.78, 5) is 7.02. The molecular weight excluding hydrogens is 439 g/mol. The summed E-state index contributed by atoms with van der Waals surface area (Å²) in [6.07, 6.45) is 9.97. The summed E-state index contributed by atoms with van der Waals surface area (Å²) in [6, 6.07) is 4.30. The van der Waals surface area contributed by atoms with Crippen molar-refractivity contribution in [2.75, 3.05) is 31.2 Å². The van der Waals surface area contributed by atoms with E-state index >= 15 is 0 Å². The molecule has 1 aromatic rings. The van der Waals surface area contributed by atoms with Crippen LogP contribution in [-0.4, -0.2) is 49.7 Å². The molecule has 27 heavy (non-hydrogen) atoms. The fourth-order valence-electron chi connectivity index (χ4n) is 3.77. The summed E-state index contributed by atoms with van der Waals surface area (Å²) in [6.45, 7) is 10.5. The van der Waals surface area contributed by atoms with Gasteiger partial charge in [0.15, 0.2) is 0 Å². The van der Waals surface area contributed by atoms with Gasteiger partial charge in [0.25, 0.3) is 0 Å².